The largest absolute Gasteiger partial charge is 0.378 e. The number of sulfonamides is 1. The number of hydrogen-bond acceptors (Lipinski definition) is 4. The summed E-state index contributed by atoms with van der Waals surface area (Å²) in [5, 5.41) is 8.31. The summed E-state index contributed by atoms with van der Waals surface area (Å²) in [6.45, 7) is 2.01. The van der Waals surface area contributed by atoms with Crippen molar-refractivity contribution in [3.8, 4) is 0 Å². The van der Waals surface area contributed by atoms with Crippen LogP contribution >= 0.6 is 22.9 Å². The normalized spacial score (nSPS) is 13.2. The Hall–Kier alpha value is -1.08. The monoisotopic (exact) mass is 316 g/mol. The molecule has 1 heterocycles. The molecular weight excluding hydrogens is 304 g/mol. The first kappa shape index (κ1) is 14.3. The molecule has 102 valence electrons. The van der Waals surface area contributed by atoms with Crippen LogP contribution in [0, 0.1) is 0 Å². The van der Waals surface area contributed by atoms with Crippen molar-refractivity contribution in [3.63, 3.8) is 0 Å². The quantitative estimate of drug-likeness (QED) is 0.909. The number of nitrogens with one attached hydrogen (secondary N) is 1. The van der Waals surface area contributed by atoms with Crippen molar-refractivity contribution in [2.24, 2.45) is 5.14 Å². The summed E-state index contributed by atoms with van der Waals surface area (Å²) >= 11 is 7.40. The molecule has 7 heteroatoms. The molecule has 0 saturated carbocycles. The molecule has 1 unspecified atom stereocenters. The van der Waals surface area contributed by atoms with Gasteiger partial charge in [-0.1, -0.05) is 11.6 Å². The lowest BCUT2D eigenvalue weighted by Gasteiger charge is -2.13. The van der Waals surface area contributed by atoms with E-state index in [1.54, 1.807) is 12.1 Å². The SMILES string of the molecule is CC(Nc1ccc(S(N)(=O)=O)cc1)c1ccc(Cl)s1. The van der Waals surface area contributed by atoms with Crippen LogP contribution < -0.4 is 10.5 Å². The highest BCUT2D eigenvalue weighted by Gasteiger charge is 2.10. The van der Waals surface area contributed by atoms with Gasteiger partial charge in [0.1, 0.15) is 0 Å². The van der Waals surface area contributed by atoms with Crippen molar-refractivity contribution in [1.82, 2.24) is 0 Å². The Morgan fingerprint density at radius 3 is 2.32 bits per heavy atom. The molecule has 1 aromatic carbocycles. The molecule has 19 heavy (non-hydrogen) atoms. The van der Waals surface area contributed by atoms with E-state index in [0.717, 1.165) is 14.9 Å². The first-order valence-electron chi connectivity index (χ1n) is 5.51. The summed E-state index contributed by atoms with van der Waals surface area (Å²) in [5.41, 5.74) is 0.824. The van der Waals surface area contributed by atoms with Gasteiger partial charge >= 0.3 is 0 Å². The smallest absolute Gasteiger partial charge is 0.238 e. The summed E-state index contributed by atoms with van der Waals surface area (Å²) in [4.78, 5) is 1.21. The van der Waals surface area contributed by atoms with Crippen LogP contribution in [0.4, 0.5) is 5.69 Å². The Morgan fingerprint density at radius 2 is 1.84 bits per heavy atom. The number of nitrogens with two attached hydrogens (primary N) is 1. The van der Waals surface area contributed by atoms with E-state index in [2.05, 4.69) is 5.32 Å². The highest BCUT2D eigenvalue weighted by Crippen LogP contribution is 2.29. The van der Waals surface area contributed by atoms with E-state index < -0.39 is 10.0 Å². The minimum absolute atomic E-state index is 0.0952. The number of anilines is 1. The number of primary sulfonamides is 1. The molecule has 2 aromatic rings. The van der Waals surface area contributed by atoms with Crippen molar-refractivity contribution >= 4 is 38.6 Å². The van der Waals surface area contributed by atoms with Crippen LogP contribution in [0.2, 0.25) is 4.34 Å². The van der Waals surface area contributed by atoms with Gasteiger partial charge in [-0.15, -0.1) is 11.3 Å². The number of rotatable bonds is 4. The lowest BCUT2D eigenvalue weighted by atomic mass is 10.2. The van der Waals surface area contributed by atoms with Crippen LogP contribution in [0.25, 0.3) is 0 Å². The van der Waals surface area contributed by atoms with Gasteiger partial charge in [0, 0.05) is 10.6 Å². The van der Waals surface area contributed by atoms with Crippen molar-refractivity contribution in [1.29, 1.82) is 0 Å². The number of thiophene rings is 1. The van der Waals surface area contributed by atoms with Gasteiger partial charge in [0.2, 0.25) is 10.0 Å². The van der Waals surface area contributed by atoms with E-state index in [9.17, 15) is 8.42 Å². The van der Waals surface area contributed by atoms with E-state index in [1.807, 2.05) is 19.1 Å². The molecule has 3 N–H and O–H groups in total. The molecule has 0 saturated heterocycles. The second-order valence-electron chi connectivity index (χ2n) is 4.08. The molecule has 0 bridgehead atoms. The highest BCUT2D eigenvalue weighted by atomic mass is 35.5. The number of hydrogen-bond donors (Lipinski definition) is 2. The lowest BCUT2D eigenvalue weighted by molar-refractivity contribution is 0.598. The Kier molecular flexibility index (Phi) is 4.15. The van der Waals surface area contributed by atoms with Gasteiger partial charge in [-0.2, -0.15) is 0 Å². The zero-order valence-electron chi connectivity index (χ0n) is 10.1. The third kappa shape index (κ3) is 3.70. The Balaban J connectivity index is 2.12. The maximum Gasteiger partial charge on any atom is 0.238 e. The zero-order valence-corrected chi connectivity index (χ0v) is 12.5. The fourth-order valence-electron chi connectivity index (χ4n) is 1.62. The minimum atomic E-state index is -3.64. The van der Waals surface area contributed by atoms with E-state index in [4.69, 9.17) is 16.7 Å². The molecule has 0 fully saturated rings. The van der Waals surface area contributed by atoms with Crippen LogP contribution in [0.15, 0.2) is 41.3 Å². The molecule has 0 aliphatic heterocycles. The van der Waals surface area contributed by atoms with Gasteiger partial charge in [0.25, 0.3) is 0 Å². The molecule has 0 radical (unpaired) electrons. The highest BCUT2D eigenvalue weighted by molar-refractivity contribution is 7.89. The molecule has 0 spiro atoms. The topological polar surface area (TPSA) is 72.2 Å². The van der Waals surface area contributed by atoms with Crippen LogP contribution in [0.1, 0.15) is 17.8 Å². The third-order valence-electron chi connectivity index (χ3n) is 2.59. The summed E-state index contributed by atoms with van der Waals surface area (Å²) in [6, 6.07) is 10.2. The third-order valence-corrected chi connectivity index (χ3v) is 4.93. The van der Waals surface area contributed by atoms with E-state index in [-0.39, 0.29) is 10.9 Å². The standard InChI is InChI=1S/C12H13ClN2O2S2/c1-8(11-6-7-12(13)18-11)15-9-2-4-10(5-3-9)19(14,16)17/h2-8,15H,1H3,(H2,14,16,17). The molecule has 2 rings (SSSR count). The van der Waals surface area contributed by atoms with E-state index in [0.29, 0.717) is 0 Å². The maximum absolute atomic E-state index is 11.1. The summed E-state index contributed by atoms with van der Waals surface area (Å²) in [7, 11) is -3.64. The number of halogens is 1. The molecule has 1 atom stereocenters. The van der Waals surface area contributed by atoms with Crippen molar-refractivity contribution in [2.45, 2.75) is 17.9 Å². The molecule has 1 aromatic heterocycles. The van der Waals surface area contributed by atoms with E-state index in [1.165, 1.54) is 23.5 Å². The molecule has 0 aliphatic carbocycles. The molecule has 0 aliphatic rings. The van der Waals surface area contributed by atoms with Crippen LogP contribution in [0.5, 0.6) is 0 Å². The van der Waals surface area contributed by atoms with Crippen LogP contribution in [-0.2, 0) is 10.0 Å². The average Bonchev–Trinajstić information content (AvgIpc) is 2.75. The van der Waals surface area contributed by atoms with Crippen LogP contribution in [0.3, 0.4) is 0 Å². The predicted molar refractivity (Wildman–Crippen MR) is 79.2 cm³/mol. The van der Waals surface area contributed by atoms with Crippen molar-refractivity contribution in [3.05, 3.63) is 45.6 Å². The molecular formula is C12H13ClN2O2S2. The average molecular weight is 317 g/mol. The molecule has 4 nitrogen and oxygen atoms in total. The maximum atomic E-state index is 11.1. The van der Waals surface area contributed by atoms with Crippen molar-refractivity contribution < 1.29 is 8.42 Å². The Labute approximate surface area is 121 Å². The summed E-state index contributed by atoms with van der Waals surface area (Å²) < 4.78 is 23.0. The number of benzene rings is 1. The Morgan fingerprint density at radius 1 is 1.21 bits per heavy atom. The second-order valence-corrected chi connectivity index (χ2v) is 7.39. The molecule has 0 amide bonds. The lowest BCUT2D eigenvalue weighted by Crippen LogP contribution is -2.12. The van der Waals surface area contributed by atoms with Gasteiger partial charge in [-0.25, -0.2) is 13.6 Å². The summed E-state index contributed by atoms with van der Waals surface area (Å²) in [6.07, 6.45) is 0. The summed E-state index contributed by atoms with van der Waals surface area (Å²) in [5.74, 6) is 0. The van der Waals surface area contributed by atoms with Gasteiger partial charge in [0.15, 0.2) is 0 Å². The van der Waals surface area contributed by atoms with Gasteiger partial charge in [0.05, 0.1) is 15.3 Å². The van der Waals surface area contributed by atoms with Crippen LogP contribution in [-0.4, -0.2) is 8.42 Å². The fourth-order valence-corrected chi connectivity index (χ4v) is 3.20. The van der Waals surface area contributed by atoms with Gasteiger partial charge in [-0.05, 0) is 43.3 Å². The first-order chi connectivity index (χ1) is 8.86. The first-order valence-corrected chi connectivity index (χ1v) is 8.25. The van der Waals surface area contributed by atoms with Gasteiger partial charge in [-0.3, -0.25) is 0 Å². The Bertz CT molecular complexity index is 665. The predicted octanol–water partition coefficient (Wildman–Crippen LogP) is 3.22. The fraction of sp³-hybridized carbons (Fsp3) is 0.167. The van der Waals surface area contributed by atoms with Gasteiger partial charge < -0.3 is 5.32 Å². The zero-order chi connectivity index (χ0) is 14.0. The minimum Gasteiger partial charge on any atom is -0.378 e. The van der Waals surface area contributed by atoms with Crippen molar-refractivity contribution in [2.75, 3.05) is 5.32 Å². The second kappa shape index (κ2) is 5.50. The van der Waals surface area contributed by atoms with E-state index >= 15 is 0 Å².